The molecule has 0 saturated carbocycles. The maximum atomic E-state index is 2.00. The SMILES string of the molecule is C[CH-]C.C[CH-]C.[Ti+3].c1cc[cH-]c1. The van der Waals surface area contributed by atoms with Gasteiger partial charge in [0, 0.05) is 0 Å². The standard InChI is InChI=1S/C5H5.2C3H7.Ti/c1-2-4-5-3-1;2*1-3-2;/h1-5H;2*3H,1-2H3;/q3*-1;+3. The Kier molecular flexibility index (Phi) is 33.6. The summed E-state index contributed by atoms with van der Waals surface area (Å²) in [4.78, 5) is 0. The van der Waals surface area contributed by atoms with Gasteiger partial charge in [-0.2, -0.15) is 45.9 Å². The molecule has 0 saturated heterocycles. The van der Waals surface area contributed by atoms with Crippen LogP contribution in [0, 0.1) is 12.8 Å². The number of rotatable bonds is 0. The van der Waals surface area contributed by atoms with Crippen molar-refractivity contribution in [3.8, 4) is 0 Å². The Morgan fingerprint density at radius 3 is 1.17 bits per heavy atom. The van der Waals surface area contributed by atoms with E-state index < -0.39 is 0 Å². The summed E-state index contributed by atoms with van der Waals surface area (Å²) < 4.78 is 0. The Balaban J connectivity index is -0.000000104. The van der Waals surface area contributed by atoms with Gasteiger partial charge in [-0.05, 0) is 0 Å². The van der Waals surface area contributed by atoms with Gasteiger partial charge < -0.3 is 12.8 Å². The molecular weight excluding hydrogens is 180 g/mol. The normalized spacial score (nSPS) is 6.33. The van der Waals surface area contributed by atoms with E-state index in [0.717, 1.165) is 0 Å². The van der Waals surface area contributed by atoms with Crippen LogP contribution >= 0.6 is 0 Å². The van der Waals surface area contributed by atoms with E-state index >= 15 is 0 Å². The van der Waals surface area contributed by atoms with Gasteiger partial charge in [0.1, 0.15) is 0 Å². The minimum Gasteiger partial charge on any atom is -0.335 e. The quantitative estimate of drug-likeness (QED) is 0.439. The van der Waals surface area contributed by atoms with Gasteiger partial charge in [-0.15, -0.1) is 0 Å². The maximum Gasteiger partial charge on any atom is 3.00 e. The third-order valence-corrected chi connectivity index (χ3v) is 0.556. The maximum absolute atomic E-state index is 2.00. The molecule has 1 rings (SSSR count). The van der Waals surface area contributed by atoms with Crippen LogP contribution < -0.4 is 0 Å². The van der Waals surface area contributed by atoms with Gasteiger partial charge in [0.15, 0.2) is 0 Å². The van der Waals surface area contributed by atoms with E-state index in [4.69, 9.17) is 0 Å². The van der Waals surface area contributed by atoms with Gasteiger partial charge in [-0.3, -0.25) is 0 Å². The first-order valence-corrected chi connectivity index (χ1v) is 3.98. The van der Waals surface area contributed by atoms with Crippen LogP contribution in [0.3, 0.4) is 0 Å². The van der Waals surface area contributed by atoms with Crippen LogP contribution in [0.25, 0.3) is 0 Å². The van der Waals surface area contributed by atoms with Gasteiger partial charge >= 0.3 is 21.7 Å². The molecule has 1 aromatic carbocycles. The first-order valence-electron chi connectivity index (χ1n) is 3.98. The monoisotopic (exact) mass is 199 g/mol. The predicted molar refractivity (Wildman–Crippen MR) is 53.3 cm³/mol. The van der Waals surface area contributed by atoms with Gasteiger partial charge in [-0.1, -0.05) is 0 Å². The number of hydrogen-bond donors (Lipinski definition) is 0. The Morgan fingerprint density at radius 2 is 1.08 bits per heavy atom. The molecule has 0 N–H and O–H groups in total. The molecule has 0 aliphatic carbocycles. The topological polar surface area (TPSA) is 0 Å². The zero-order chi connectivity index (χ0) is 8.95. The molecule has 0 fully saturated rings. The van der Waals surface area contributed by atoms with Crippen molar-refractivity contribution < 1.29 is 21.7 Å². The van der Waals surface area contributed by atoms with Crippen molar-refractivity contribution in [2.75, 3.05) is 0 Å². The van der Waals surface area contributed by atoms with E-state index in [9.17, 15) is 0 Å². The minimum absolute atomic E-state index is 0. The molecule has 1 radical (unpaired) electrons. The summed E-state index contributed by atoms with van der Waals surface area (Å²) in [7, 11) is 0. The first kappa shape index (κ1) is 18.0. The fourth-order valence-electron chi connectivity index (χ4n) is 0.321. The van der Waals surface area contributed by atoms with E-state index in [2.05, 4.69) is 0 Å². The molecule has 0 spiro atoms. The van der Waals surface area contributed by atoms with E-state index in [-0.39, 0.29) is 21.7 Å². The molecule has 0 nitrogen and oxygen atoms in total. The van der Waals surface area contributed by atoms with Crippen molar-refractivity contribution in [3.63, 3.8) is 0 Å². The van der Waals surface area contributed by atoms with Crippen LogP contribution in [-0.4, -0.2) is 0 Å². The summed E-state index contributed by atoms with van der Waals surface area (Å²) in [5.41, 5.74) is 0. The molecule has 0 heterocycles. The minimum atomic E-state index is 0. The molecule has 0 aliphatic heterocycles. The molecular formula is C11H19Ti. The van der Waals surface area contributed by atoms with Crippen LogP contribution in [0.1, 0.15) is 27.7 Å². The average Bonchev–Trinajstić information content (AvgIpc) is 2.44. The largest absolute Gasteiger partial charge is 3.00 e. The Hall–Kier alpha value is 0.0643. The molecule has 1 heteroatoms. The van der Waals surface area contributed by atoms with E-state index in [0.29, 0.717) is 0 Å². The van der Waals surface area contributed by atoms with Gasteiger partial charge in [0.25, 0.3) is 0 Å². The smallest absolute Gasteiger partial charge is 0.335 e. The Labute approximate surface area is 92.6 Å². The zero-order valence-corrected chi connectivity index (χ0v) is 10.1. The molecule has 67 valence electrons. The van der Waals surface area contributed by atoms with Gasteiger partial charge in [0.2, 0.25) is 0 Å². The molecule has 12 heavy (non-hydrogen) atoms. The van der Waals surface area contributed by atoms with Crippen molar-refractivity contribution in [1.29, 1.82) is 0 Å². The van der Waals surface area contributed by atoms with Crippen molar-refractivity contribution in [1.82, 2.24) is 0 Å². The van der Waals surface area contributed by atoms with Gasteiger partial charge in [-0.25, -0.2) is 12.1 Å². The first-order chi connectivity index (χ1) is 5.33. The average molecular weight is 199 g/mol. The second-order valence-electron chi connectivity index (χ2n) is 2.12. The summed E-state index contributed by atoms with van der Waals surface area (Å²) in [5, 5.41) is 0. The van der Waals surface area contributed by atoms with Crippen molar-refractivity contribution >= 4 is 0 Å². The van der Waals surface area contributed by atoms with Crippen molar-refractivity contribution in [3.05, 3.63) is 43.2 Å². The van der Waals surface area contributed by atoms with Crippen LogP contribution in [-0.2, 0) is 21.7 Å². The molecule has 0 unspecified atom stereocenters. The summed E-state index contributed by atoms with van der Waals surface area (Å²) >= 11 is 0. The Bertz CT molecular complexity index is 80.5. The molecule has 1 aromatic rings. The summed E-state index contributed by atoms with van der Waals surface area (Å²) in [6.45, 7) is 8.00. The second kappa shape index (κ2) is 22.5. The second-order valence-corrected chi connectivity index (χ2v) is 2.12. The van der Waals surface area contributed by atoms with E-state index in [1.807, 2.05) is 70.9 Å². The predicted octanol–water partition coefficient (Wildman–Crippen LogP) is 3.86. The van der Waals surface area contributed by atoms with Crippen LogP contribution in [0.5, 0.6) is 0 Å². The van der Waals surface area contributed by atoms with E-state index in [1.54, 1.807) is 0 Å². The van der Waals surface area contributed by atoms with Crippen molar-refractivity contribution in [2.45, 2.75) is 27.7 Å². The zero-order valence-electron chi connectivity index (χ0n) is 8.54. The van der Waals surface area contributed by atoms with Crippen molar-refractivity contribution in [2.24, 2.45) is 0 Å². The third-order valence-electron chi connectivity index (χ3n) is 0.556. The van der Waals surface area contributed by atoms with Crippen LogP contribution in [0.2, 0.25) is 0 Å². The summed E-state index contributed by atoms with van der Waals surface area (Å²) in [6, 6.07) is 10.0. The number of hydrogen-bond acceptors (Lipinski definition) is 0. The third kappa shape index (κ3) is 32.2. The van der Waals surface area contributed by atoms with Crippen LogP contribution in [0.4, 0.5) is 0 Å². The van der Waals surface area contributed by atoms with Gasteiger partial charge in [0.05, 0.1) is 0 Å². The summed E-state index contributed by atoms with van der Waals surface area (Å²) in [6.07, 6.45) is 4.00. The van der Waals surface area contributed by atoms with E-state index in [1.165, 1.54) is 0 Å². The molecule has 0 atom stereocenters. The fraction of sp³-hybridized carbons (Fsp3) is 0.364. The van der Waals surface area contributed by atoms with Crippen LogP contribution in [0.15, 0.2) is 30.3 Å². The molecule has 0 aliphatic rings. The molecule has 0 amide bonds. The summed E-state index contributed by atoms with van der Waals surface area (Å²) in [5.74, 6) is 0. The molecule has 0 aromatic heterocycles. The Morgan fingerprint density at radius 1 is 0.833 bits per heavy atom. The molecule has 0 bridgehead atoms. The fourth-order valence-corrected chi connectivity index (χ4v) is 0.321.